The van der Waals surface area contributed by atoms with Crippen molar-refractivity contribution in [2.24, 2.45) is 5.92 Å². The quantitative estimate of drug-likeness (QED) is 0.235. The Morgan fingerprint density at radius 1 is 1.32 bits per heavy atom. The lowest BCUT2D eigenvalue weighted by molar-refractivity contribution is -0.151. The zero-order chi connectivity index (χ0) is 27.4. The van der Waals surface area contributed by atoms with Crippen LogP contribution in [0.3, 0.4) is 0 Å². The standard InChI is InChI=1S/C23H30F2N3O7PS/c1-14(2)33-20(29)15(3)12-36(31,35-16-7-5-4-6-8-16)32-11-17-19(25)23(30,13-24)21(34-17)28-10-9-18(26)27-22(28)37/h4-10,14-15,17,19,21,30H,11-13H2,1-3H3,(H2,26,27,37)/t15-,17-,19+,21-,23?,36?/m1/s1. The number of anilines is 1. The highest BCUT2D eigenvalue weighted by molar-refractivity contribution is 7.71. The summed E-state index contributed by atoms with van der Waals surface area (Å²) in [5.41, 5.74) is 2.95. The summed E-state index contributed by atoms with van der Waals surface area (Å²) < 4.78 is 65.8. The highest BCUT2D eigenvalue weighted by Crippen LogP contribution is 2.51. The zero-order valence-electron chi connectivity index (χ0n) is 20.5. The van der Waals surface area contributed by atoms with Gasteiger partial charge in [-0.1, -0.05) is 25.1 Å². The number of hydrogen-bond acceptors (Lipinski definition) is 10. The Morgan fingerprint density at radius 3 is 2.59 bits per heavy atom. The maximum atomic E-state index is 15.3. The van der Waals surface area contributed by atoms with Crippen LogP contribution >= 0.6 is 19.8 Å². The lowest BCUT2D eigenvalue weighted by atomic mass is 9.97. The Labute approximate surface area is 218 Å². The lowest BCUT2D eigenvalue weighted by Gasteiger charge is -2.28. The maximum absolute atomic E-state index is 15.3. The molecule has 14 heteroatoms. The van der Waals surface area contributed by atoms with Gasteiger partial charge in [0.15, 0.2) is 18.0 Å². The number of nitrogen functional groups attached to an aromatic ring is 1. The van der Waals surface area contributed by atoms with Crippen LogP contribution in [0.2, 0.25) is 0 Å². The number of aliphatic hydroxyl groups is 1. The monoisotopic (exact) mass is 561 g/mol. The third-order valence-corrected chi connectivity index (χ3v) is 7.86. The molecule has 10 nitrogen and oxygen atoms in total. The molecular formula is C23H30F2N3O7PS. The first-order chi connectivity index (χ1) is 17.4. The van der Waals surface area contributed by atoms with Gasteiger partial charge in [0.05, 0.1) is 24.8 Å². The van der Waals surface area contributed by atoms with Crippen molar-refractivity contribution < 1.29 is 41.8 Å². The number of carbonyl (C=O) groups excluding carboxylic acids is 1. The number of nitrogens with zero attached hydrogens (tertiary/aromatic N) is 2. The Bertz CT molecular complexity index is 1190. The lowest BCUT2D eigenvalue weighted by Crippen LogP contribution is -2.47. The van der Waals surface area contributed by atoms with E-state index in [0.717, 1.165) is 4.57 Å². The van der Waals surface area contributed by atoms with Crippen molar-refractivity contribution in [3.63, 3.8) is 0 Å². The third-order valence-electron chi connectivity index (χ3n) is 5.53. The molecule has 2 aromatic rings. The molecule has 3 N–H and O–H groups in total. The van der Waals surface area contributed by atoms with Crippen LogP contribution in [0.25, 0.3) is 0 Å². The maximum Gasteiger partial charge on any atom is 0.380 e. The first-order valence-corrected chi connectivity index (χ1v) is 13.6. The fourth-order valence-electron chi connectivity index (χ4n) is 3.69. The molecule has 0 bridgehead atoms. The molecule has 1 aromatic carbocycles. The number of para-hydroxylation sites is 1. The fourth-order valence-corrected chi connectivity index (χ4v) is 5.82. The molecule has 0 radical (unpaired) electrons. The van der Waals surface area contributed by atoms with E-state index in [1.807, 2.05) is 0 Å². The minimum atomic E-state index is -4.11. The molecule has 0 saturated carbocycles. The van der Waals surface area contributed by atoms with Gasteiger partial charge in [0, 0.05) is 6.20 Å². The van der Waals surface area contributed by atoms with E-state index < -0.39 is 63.0 Å². The van der Waals surface area contributed by atoms with E-state index in [0.29, 0.717) is 0 Å². The Balaban J connectivity index is 1.82. The molecule has 2 heterocycles. The van der Waals surface area contributed by atoms with E-state index in [4.69, 9.17) is 36.5 Å². The van der Waals surface area contributed by atoms with Crippen LogP contribution in [0.5, 0.6) is 5.75 Å². The van der Waals surface area contributed by atoms with E-state index in [2.05, 4.69) is 4.98 Å². The number of rotatable bonds is 11. The first-order valence-electron chi connectivity index (χ1n) is 11.5. The van der Waals surface area contributed by atoms with Gasteiger partial charge in [-0.25, -0.2) is 18.3 Å². The van der Waals surface area contributed by atoms with Crippen LogP contribution < -0.4 is 10.3 Å². The SMILES string of the molecule is CC(C)OC(=O)[C@H](C)CP(=O)(OC[C@H]1O[C@@H](n2ccc(N)nc2=S)C(O)(CF)[C@H]1F)Oc1ccccc1. The second kappa shape index (κ2) is 12.0. The molecular weight excluding hydrogens is 531 g/mol. The van der Waals surface area contributed by atoms with E-state index >= 15 is 4.39 Å². The van der Waals surface area contributed by atoms with Gasteiger partial charge in [0.1, 0.15) is 24.3 Å². The zero-order valence-corrected chi connectivity index (χ0v) is 22.2. The Hall–Kier alpha value is -2.44. The van der Waals surface area contributed by atoms with Crippen molar-refractivity contribution in [2.45, 2.75) is 51.0 Å². The van der Waals surface area contributed by atoms with Gasteiger partial charge in [0.25, 0.3) is 0 Å². The van der Waals surface area contributed by atoms with E-state index in [-0.39, 0.29) is 22.5 Å². The molecule has 1 aromatic heterocycles. The summed E-state index contributed by atoms with van der Waals surface area (Å²) in [6.07, 6.45) is -4.95. The summed E-state index contributed by atoms with van der Waals surface area (Å²) in [5, 5.41) is 10.8. The van der Waals surface area contributed by atoms with Gasteiger partial charge in [-0.3, -0.25) is 13.9 Å². The summed E-state index contributed by atoms with van der Waals surface area (Å²) in [5.74, 6) is -1.24. The van der Waals surface area contributed by atoms with Crippen molar-refractivity contribution in [1.82, 2.24) is 9.55 Å². The molecule has 1 fully saturated rings. The number of esters is 1. The average Bonchev–Trinajstić information content (AvgIpc) is 3.08. The van der Waals surface area contributed by atoms with Crippen molar-refractivity contribution in [1.29, 1.82) is 0 Å². The van der Waals surface area contributed by atoms with Gasteiger partial charge in [0.2, 0.25) is 4.77 Å². The van der Waals surface area contributed by atoms with Crippen LogP contribution in [0, 0.1) is 10.7 Å². The number of alkyl halides is 2. The van der Waals surface area contributed by atoms with Crippen molar-refractivity contribution in [3.05, 3.63) is 47.4 Å². The van der Waals surface area contributed by atoms with Gasteiger partial charge in [-0.2, -0.15) is 0 Å². The van der Waals surface area contributed by atoms with Crippen LogP contribution in [0.15, 0.2) is 42.6 Å². The molecule has 2 unspecified atom stereocenters. The van der Waals surface area contributed by atoms with Crippen molar-refractivity contribution in [2.75, 3.05) is 25.2 Å². The molecule has 37 heavy (non-hydrogen) atoms. The Morgan fingerprint density at radius 2 is 2.00 bits per heavy atom. The second-order valence-corrected chi connectivity index (χ2v) is 11.4. The second-order valence-electron chi connectivity index (χ2n) is 8.98. The van der Waals surface area contributed by atoms with Crippen LogP contribution in [0.4, 0.5) is 14.6 Å². The normalized spacial score (nSPS) is 26.0. The molecule has 0 aliphatic carbocycles. The number of aromatic nitrogens is 2. The number of nitrogens with two attached hydrogens (primary N) is 1. The van der Waals surface area contributed by atoms with Crippen LogP contribution in [-0.2, 0) is 23.4 Å². The largest absolute Gasteiger partial charge is 0.463 e. The molecule has 0 amide bonds. The minimum absolute atomic E-state index is 0.0730. The van der Waals surface area contributed by atoms with E-state index in [1.54, 1.807) is 32.0 Å². The molecule has 1 saturated heterocycles. The number of hydrogen-bond donors (Lipinski definition) is 2. The van der Waals surface area contributed by atoms with Crippen molar-refractivity contribution >= 4 is 31.6 Å². The van der Waals surface area contributed by atoms with Gasteiger partial charge in [-0.05, 0) is 44.3 Å². The van der Waals surface area contributed by atoms with Gasteiger partial charge >= 0.3 is 13.6 Å². The topological polar surface area (TPSA) is 135 Å². The first kappa shape index (κ1) is 29.1. The smallest absolute Gasteiger partial charge is 0.380 e. The molecule has 204 valence electrons. The number of ether oxygens (including phenoxy) is 2. The molecule has 1 aliphatic heterocycles. The average molecular weight is 562 g/mol. The third kappa shape index (κ3) is 6.91. The summed E-state index contributed by atoms with van der Waals surface area (Å²) in [4.78, 5) is 16.2. The highest BCUT2D eigenvalue weighted by Gasteiger charge is 2.58. The molecule has 6 atom stereocenters. The molecule has 3 rings (SSSR count). The van der Waals surface area contributed by atoms with E-state index in [1.165, 1.54) is 31.3 Å². The van der Waals surface area contributed by atoms with E-state index in [9.17, 15) is 18.9 Å². The predicted molar refractivity (Wildman–Crippen MR) is 133 cm³/mol. The molecule has 1 aliphatic rings. The van der Waals surface area contributed by atoms with Gasteiger partial charge < -0.3 is 24.8 Å². The summed E-state index contributed by atoms with van der Waals surface area (Å²) in [6, 6.07) is 9.40. The van der Waals surface area contributed by atoms with Crippen LogP contribution in [-0.4, -0.2) is 64.1 Å². The number of benzene rings is 1. The van der Waals surface area contributed by atoms with Crippen molar-refractivity contribution in [3.8, 4) is 5.75 Å². The minimum Gasteiger partial charge on any atom is -0.463 e. The highest BCUT2D eigenvalue weighted by atomic mass is 32.1. The fraction of sp³-hybridized carbons (Fsp3) is 0.522. The van der Waals surface area contributed by atoms with Gasteiger partial charge in [-0.15, -0.1) is 0 Å². The summed E-state index contributed by atoms with van der Waals surface area (Å²) in [7, 11) is -4.11. The Kier molecular flexibility index (Phi) is 9.41. The predicted octanol–water partition coefficient (Wildman–Crippen LogP) is 4.01. The van der Waals surface area contributed by atoms with Crippen LogP contribution in [0.1, 0.15) is 27.0 Å². The molecule has 0 spiro atoms. The summed E-state index contributed by atoms with van der Waals surface area (Å²) >= 11 is 5.10. The number of halogens is 2. The summed E-state index contributed by atoms with van der Waals surface area (Å²) in [6.45, 7) is 2.63. The number of carbonyl (C=O) groups is 1.